The summed E-state index contributed by atoms with van der Waals surface area (Å²) in [6.07, 6.45) is 1.03. The quantitative estimate of drug-likeness (QED) is 0.644. The minimum Gasteiger partial charge on any atom is -0.336 e. The average Bonchev–Trinajstić information content (AvgIpc) is 2.67. The van der Waals surface area contributed by atoms with Gasteiger partial charge < -0.3 is 20.9 Å². The molecule has 0 saturated carbocycles. The number of hydrogen-bond acceptors (Lipinski definition) is 3. The van der Waals surface area contributed by atoms with E-state index in [1.165, 1.54) is 0 Å². The summed E-state index contributed by atoms with van der Waals surface area (Å²) < 4.78 is 0. The number of carbonyl (C=O) groups excluding carboxylic acids is 1. The number of nitrogens with one attached hydrogen (secondary N) is 1. The first kappa shape index (κ1) is 14.3. The van der Waals surface area contributed by atoms with Crippen molar-refractivity contribution in [2.75, 3.05) is 45.8 Å². The molecule has 2 amide bonds. The second-order valence-corrected chi connectivity index (χ2v) is 5.06. The molecule has 0 aromatic heterocycles. The summed E-state index contributed by atoms with van der Waals surface area (Å²) in [4.78, 5) is 15.7. The highest BCUT2D eigenvalue weighted by Gasteiger charge is 2.19. The van der Waals surface area contributed by atoms with Crippen LogP contribution in [-0.2, 0) is 0 Å². The predicted molar refractivity (Wildman–Crippen MR) is 69.9 cm³/mol. The number of nitrogens with zero attached hydrogens (tertiary/aromatic N) is 2. The zero-order valence-electron chi connectivity index (χ0n) is 11.1. The smallest absolute Gasteiger partial charge is 0.317 e. The highest BCUT2D eigenvalue weighted by molar-refractivity contribution is 5.76. The summed E-state index contributed by atoms with van der Waals surface area (Å²) in [6, 6.07) is 0.0771. The number of nitrogens with two attached hydrogens (primary N) is 1. The van der Waals surface area contributed by atoms with E-state index in [1.54, 1.807) is 0 Å². The molecule has 17 heavy (non-hydrogen) atoms. The van der Waals surface area contributed by atoms with Crippen LogP contribution in [0.1, 0.15) is 20.3 Å². The Morgan fingerprint density at radius 1 is 1.47 bits per heavy atom. The summed E-state index contributed by atoms with van der Waals surface area (Å²) >= 11 is 0. The summed E-state index contributed by atoms with van der Waals surface area (Å²) in [6.45, 7) is 10.7. The van der Waals surface area contributed by atoms with E-state index >= 15 is 0 Å². The molecule has 3 N–H and O–H groups in total. The van der Waals surface area contributed by atoms with E-state index in [4.69, 9.17) is 5.73 Å². The highest BCUT2D eigenvalue weighted by Crippen LogP contribution is 2.02. The van der Waals surface area contributed by atoms with Crippen LogP contribution in [0.2, 0.25) is 0 Å². The molecule has 1 aliphatic heterocycles. The van der Waals surface area contributed by atoms with Gasteiger partial charge in [-0.1, -0.05) is 13.8 Å². The molecule has 1 fully saturated rings. The van der Waals surface area contributed by atoms with E-state index in [9.17, 15) is 4.79 Å². The first-order valence-electron chi connectivity index (χ1n) is 6.58. The third kappa shape index (κ3) is 5.37. The van der Waals surface area contributed by atoms with Gasteiger partial charge in [0, 0.05) is 32.7 Å². The molecule has 100 valence electrons. The van der Waals surface area contributed by atoms with E-state index in [-0.39, 0.29) is 6.03 Å². The lowest BCUT2D eigenvalue weighted by Gasteiger charge is -2.26. The fourth-order valence-electron chi connectivity index (χ4n) is 2.11. The Bertz CT molecular complexity index is 233. The third-order valence-corrected chi connectivity index (χ3v) is 2.93. The Labute approximate surface area is 104 Å². The van der Waals surface area contributed by atoms with Gasteiger partial charge in [0.2, 0.25) is 0 Å². The zero-order valence-corrected chi connectivity index (χ0v) is 11.1. The van der Waals surface area contributed by atoms with E-state index in [2.05, 4.69) is 24.1 Å². The summed E-state index contributed by atoms with van der Waals surface area (Å²) in [5, 5.41) is 2.83. The maximum absolute atomic E-state index is 11.4. The Kier molecular flexibility index (Phi) is 6.29. The molecule has 0 aliphatic carbocycles. The van der Waals surface area contributed by atoms with Gasteiger partial charge in [0.05, 0.1) is 0 Å². The Morgan fingerprint density at radius 2 is 2.24 bits per heavy atom. The minimum absolute atomic E-state index is 0.0771. The van der Waals surface area contributed by atoms with Gasteiger partial charge >= 0.3 is 6.03 Å². The summed E-state index contributed by atoms with van der Waals surface area (Å²) in [7, 11) is 0. The molecule has 1 heterocycles. The van der Waals surface area contributed by atoms with Crippen LogP contribution < -0.4 is 11.1 Å². The fourth-order valence-corrected chi connectivity index (χ4v) is 2.11. The number of urea groups is 1. The van der Waals surface area contributed by atoms with Crippen molar-refractivity contribution in [1.82, 2.24) is 15.1 Å². The van der Waals surface area contributed by atoms with Crippen LogP contribution in [0.4, 0.5) is 4.79 Å². The van der Waals surface area contributed by atoms with Crippen LogP contribution in [0, 0.1) is 5.92 Å². The van der Waals surface area contributed by atoms with E-state index in [0.29, 0.717) is 5.92 Å². The van der Waals surface area contributed by atoms with Gasteiger partial charge in [-0.3, -0.25) is 0 Å². The molecule has 0 aromatic rings. The van der Waals surface area contributed by atoms with Crippen molar-refractivity contribution in [3.8, 4) is 0 Å². The Morgan fingerprint density at radius 3 is 2.76 bits per heavy atom. The molecule has 0 atom stereocenters. The van der Waals surface area contributed by atoms with Crippen molar-refractivity contribution in [2.24, 2.45) is 11.7 Å². The van der Waals surface area contributed by atoms with Crippen molar-refractivity contribution in [1.29, 1.82) is 0 Å². The molecule has 0 aromatic carbocycles. The molecule has 0 radical (unpaired) electrons. The number of carbonyl (C=O) groups is 1. The van der Waals surface area contributed by atoms with Crippen molar-refractivity contribution in [2.45, 2.75) is 20.3 Å². The zero-order chi connectivity index (χ0) is 12.7. The van der Waals surface area contributed by atoms with E-state index < -0.39 is 0 Å². The van der Waals surface area contributed by atoms with E-state index in [0.717, 1.165) is 52.2 Å². The molecule has 1 rings (SSSR count). The van der Waals surface area contributed by atoms with Crippen LogP contribution in [0.15, 0.2) is 0 Å². The standard InChI is InChI=1S/C12H26N4O/c1-11(2)10-15(6-3-4-13)8-9-16-7-5-14-12(16)17/h11H,3-10,13H2,1-2H3,(H,14,17). The maximum atomic E-state index is 11.4. The largest absolute Gasteiger partial charge is 0.336 e. The van der Waals surface area contributed by atoms with Gasteiger partial charge in [0.15, 0.2) is 0 Å². The maximum Gasteiger partial charge on any atom is 0.317 e. The number of hydrogen-bond donors (Lipinski definition) is 2. The predicted octanol–water partition coefficient (Wildman–Crippen LogP) is 0.318. The van der Waals surface area contributed by atoms with Crippen LogP contribution in [0.5, 0.6) is 0 Å². The first-order chi connectivity index (χ1) is 8.13. The fraction of sp³-hybridized carbons (Fsp3) is 0.917. The number of amides is 2. The van der Waals surface area contributed by atoms with Gasteiger partial charge in [0.1, 0.15) is 0 Å². The Balaban J connectivity index is 2.29. The normalized spacial score (nSPS) is 16.1. The monoisotopic (exact) mass is 242 g/mol. The second kappa shape index (κ2) is 7.50. The molecule has 0 spiro atoms. The van der Waals surface area contributed by atoms with Crippen molar-refractivity contribution < 1.29 is 4.79 Å². The first-order valence-corrected chi connectivity index (χ1v) is 6.58. The van der Waals surface area contributed by atoms with Gasteiger partial charge in [-0.2, -0.15) is 0 Å². The highest BCUT2D eigenvalue weighted by atomic mass is 16.2. The lowest BCUT2D eigenvalue weighted by molar-refractivity contribution is 0.193. The summed E-state index contributed by atoms with van der Waals surface area (Å²) in [5.74, 6) is 0.653. The Hall–Kier alpha value is -0.810. The van der Waals surface area contributed by atoms with Gasteiger partial charge in [0.25, 0.3) is 0 Å². The molecule has 5 heteroatoms. The van der Waals surface area contributed by atoms with Crippen LogP contribution >= 0.6 is 0 Å². The summed E-state index contributed by atoms with van der Waals surface area (Å²) in [5.41, 5.74) is 5.55. The molecule has 5 nitrogen and oxygen atoms in total. The molecule has 1 saturated heterocycles. The van der Waals surface area contributed by atoms with E-state index in [1.807, 2.05) is 4.90 Å². The lowest BCUT2D eigenvalue weighted by Crippen LogP contribution is -2.39. The molecular formula is C12H26N4O. The van der Waals surface area contributed by atoms with Gasteiger partial charge in [-0.15, -0.1) is 0 Å². The van der Waals surface area contributed by atoms with Crippen molar-refractivity contribution in [3.05, 3.63) is 0 Å². The van der Waals surface area contributed by atoms with Crippen molar-refractivity contribution in [3.63, 3.8) is 0 Å². The molecule has 0 bridgehead atoms. The van der Waals surface area contributed by atoms with Crippen LogP contribution in [0.25, 0.3) is 0 Å². The van der Waals surface area contributed by atoms with Gasteiger partial charge in [-0.25, -0.2) is 4.79 Å². The van der Waals surface area contributed by atoms with Gasteiger partial charge in [-0.05, 0) is 25.4 Å². The topological polar surface area (TPSA) is 61.6 Å². The molecule has 1 aliphatic rings. The van der Waals surface area contributed by atoms with Crippen LogP contribution in [0.3, 0.4) is 0 Å². The van der Waals surface area contributed by atoms with Crippen molar-refractivity contribution >= 4 is 6.03 Å². The third-order valence-electron chi connectivity index (χ3n) is 2.93. The molecule has 0 unspecified atom stereocenters. The number of rotatable bonds is 8. The van der Waals surface area contributed by atoms with Crippen LogP contribution in [-0.4, -0.2) is 61.6 Å². The molecular weight excluding hydrogens is 216 g/mol. The minimum atomic E-state index is 0.0771. The second-order valence-electron chi connectivity index (χ2n) is 5.06. The lowest BCUT2D eigenvalue weighted by atomic mass is 10.2. The average molecular weight is 242 g/mol. The SMILES string of the molecule is CC(C)CN(CCCN)CCN1CCNC1=O.